The van der Waals surface area contributed by atoms with Crippen LogP contribution in [-0.2, 0) is 4.79 Å². The fourth-order valence-electron chi connectivity index (χ4n) is 1.67. The fraction of sp³-hybridized carbons (Fsp3) is 0.250. The molecule has 5 nitrogen and oxygen atoms in total. The first-order valence-corrected chi connectivity index (χ1v) is 5.14. The van der Waals surface area contributed by atoms with E-state index in [9.17, 15) is 9.59 Å². The predicted octanol–water partition coefficient (Wildman–Crippen LogP) is 0.715. The molecule has 86 valence electrons. The number of aliphatic carboxylic acids is 1. The number of carbonyl (C=O) groups excluding carboxylic acids is 1. The van der Waals surface area contributed by atoms with E-state index in [1.54, 1.807) is 24.3 Å². The van der Waals surface area contributed by atoms with Crippen LogP contribution in [0.25, 0.3) is 0 Å². The molecular formula is C12H10N2O3. The van der Waals surface area contributed by atoms with Gasteiger partial charge in [-0.05, 0) is 24.3 Å². The molecule has 1 aliphatic rings. The molecule has 1 N–H and O–H groups in total. The van der Waals surface area contributed by atoms with Crippen molar-refractivity contribution in [1.29, 1.82) is 5.26 Å². The Morgan fingerprint density at radius 2 is 1.88 bits per heavy atom. The molecule has 2 rings (SSSR count). The van der Waals surface area contributed by atoms with E-state index in [1.165, 1.54) is 4.90 Å². The number of amides is 1. The third kappa shape index (κ3) is 2.11. The Bertz CT molecular complexity index is 495. The minimum Gasteiger partial charge on any atom is -0.481 e. The summed E-state index contributed by atoms with van der Waals surface area (Å²) in [7, 11) is 0. The van der Waals surface area contributed by atoms with Crippen LogP contribution >= 0.6 is 0 Å². The van der Waals surface area contributed by atoms with Crippen molar-refractivity contribution in [3.63, 3.8) is 0 Å². The Labute approximate surface area is 97.9 Å². The van der Waals surface area contributed by atoms with E-state index >= 15 is 0 Å². The Balaban J connectivity index is 2.02. The summed E-state index contributed by atoms with van der Waals surface area (Å²) in [5.74, 6) is -1.50. The molecule has 0 aromatic heterocycles. The number of nitrogens with zero attached hydrogens (tertiary/aromatic N) is 2. The van der Waals surface area contributed by atoms with Gasteiger partial charge in [-0.2, -0.15) is 5.26 Å². The van der Waals surface area contributed by atoms with E-state index in [0.717, 1.165) is 0 Å². The molecule has 1 heterocycles. The van der Waals surface area contributed by atoms with Gasteiger partial charge in [0, 0.05) is 18.7 Å². The first kappa shape index (κ1) is 11.1. The molecule has 0 spiro atoms. The van der Waals surface area contributed by atoms with Crippen LogP contribution in [0.15, 0.2) is 24.3 Å². The van der Waals surface area contributed by atoms with Crippen molar-refractivity contribution in [2.75, 3.05) is 13.1 Å². The van der Waals surface area contributed by atoms with Gasteiger partial charge in [0.25, 0.3) is 5.91 Å². The number of carbonyl (C=O) groups is 2. The van der Waals surface area contributed by atoms with E-state index in [0.29, 0.717) is 11.1 Å². The second kappa shape index (κ2) is 4.26. The van der Waals surface area contributed by atoms with Crippen molar-refractivity contribution in [3.05, 3.63) is 35.4 Å². The number of rotatable bonds is 2. The molecule has 0 atom stereocenters. The first-order valence-electron chi connectivity index (χ1n) is 5.14. The molecule has 0 unspecified atom stereocenters. The van der Waals surface area contributed by atoms with Crippen LogP contribution in [-0.4, -0.2) is 35.0 Å². The molecule has 1 amide bonds. The highest BCUT2D eigenvalue weighted by atomic mass is 16.4. The number of hydrogen-bond acceptors (Lipinski definition) is 3. The lowest BCUT2D eigenvalue weighted by atomic mass is 9.99. The van der Waals surface area contributed by atoms with Crippen LogP contribution in [0.2, 0.25) is 0 Å². The maximum Gasteiger partial charge on any atom is 0.310 e. The second-order valence-electron chi connectivity index (χ2n) is 3.93. The molecule has 0 bridgehead atoms. The van der Waals surface area contributed by atoms with Crippen LogP contribution in [0.4, 0.5) is 0 Å². The zero-order chi connectivity index (χ0) is 12.4. The van der Waals surface area contributed by atoms with E-state index in [-0.39, 0.29) is 19.0 Å². The van der Waals surface area contributed by atoms with Gasteiger partial charge in [-0.25, -0.2) is 0 Å². The zero-order valence-electron chi connectivity index (χ0n) is 8.96. The maximum absolute atomic E-state index is 11.8. The van der Waals surface area contributed by atoms with Gasteiger partial charge < -0.3 is 10.0 Å². The minimum atomic E-state index is -0.867. The molecule has 17 heavy (non-hydrogen) atoms. The van der Waals surface area contributed by atoms with Crippen molar-refractivity contribution in [2.45, 2.75) is 0 Å². The van der Waals surface area contributed by atoms with E-state index < -0.39 is 11.9 Å². The molecule has 1 aromatic carbocycles. The summed E-state index contributed by atoms with van der Waals surface area (Å²) < 4.78 is 0. The molecule has 1 fully saturated rings. The van der Waals surface area contributed by atoms with Gasteiger partial charge >= 0.3 is 5.97 Å². The number of hydrogen-bond donors (Lipinski definition) is 1. The van der Waals surface area contributed by atoms with Crippen LogP contribution in [0, 0.1) is 17.2 Å². The van der Waals surface area contributed by atoms with Crippen molar-refractivity contribution < 1.29 is 14.7 Å². The average Bonchev–Trinajstić information content (AvgIpc) is 2.26. The SMILES string of the molecule is N#Cc1ccc(C(=O)N2CC(C(=O)O)C2)cc1. The molecule has 0 aliphatic carbocycles. The quantitative estimate of drug-likeness (QED) is 0.811. The average molecular weight is 230 g/mol. The number of carboxylic acid groups (broad SMARTS) is 1. The largest absolute Gasteiger partial charge is 0.481 e. The molecule has 0 saturated carbocycles. The van der Waals surface area contributed by atoms with E-state index in [4.69, 9.17) is 10.4 Å². The van der Waals surface area contributed by atoms with Crippen molar-refractivity contribution in [3.8, 4) is 6.07 Å². The normalized spacial score (nSPS) is 14.9. The summed E-state index contributed by atoms with van der Waals surface area (Å²) in [6.45, 7) is 0.516. The molecular weight excluding hydrogens is 220 g/mol. The topological polar surface area (TPSA) is 81.4 Å². The van der Waals surface area contributed by atoms with Crippen LogP contribution in [0.1, 0.15) is 15.9 Å². The van der Waals surface area contributed by atoms with Gasteiger partial charge in [-0.15, -0.1) is 0 Å². The summed E-state index contributed by atoms with van der Waals surface area (Å²) in [6.07, 6.45) is 0. The monoisotopic (exact) mass is 230 g/mol. The third-order valence-corrected chi connectivity index (χ3v) is 2.78. The van der Waals surface area contributed by atoms with Crippen LogP contribution in [0.5, 0.6) is 0 Å². The highest BCUT2D eigenvalue weighted by Crippen LogP contribution is 2.18. The Hall–Kier alpha value is -2.35. The minimum absolute atomic E-state index is 0.188. The molecule has 0 radical (unpaired) electrons. The Kier molecular flexibility index (Phi) is 2.79. The van der Waals surface area contributed by atoms with Crippen molar-refractivity contribution in [1.82, 2.24) is 4.90 Å². The van der Waals surface area contributed by atoms with Crippen LogP contribution < -0.4 is 0 Å². The molecule has 1 aromatic rings. The predicted molar refractivity (Wildman–Crippen MR) is 58.2 cm³/mol. The lowest BCUT2D eigenvalue weighted by molar-refractivity contribution is -0.146. The molecule has 5 heteroatoms. The highest BCUT2D eigenvalue weighted by Gasteiger charge is 2.35. The van der Waals surface area contributed by atoms with E-state index in [2.05, 4.69) is 0 Å². The van der Waals surface area contributed by atoms with Gasteiger partial charge in [0.2, 0.25) is 0 Å². The van der Waals surface area contributed by atoms with Crippen LogP contribution in [0.3, 0.4) is 0 Å². The number of likely N-dealkylation sites (tertiary alicyclic amines) is 1. The van der Waals surface area contributed by atoms with Gasteiger partial charge in [-0.1, -0.05) is 0 Å². The lowest BCUT2D eigenvalue weighted by Gasteiger charge is -2.36. The first-order chi connectivity index (χ1) is 8.11. The second-order valence-corrected chi connectivity index (χ2v) is 3.93. The summed E-state index contributed by atoms with van der Waals surface area (Å²) in [5.41, 5.74) is 0.974. The van der Waals surface area contributed by atoms with Gasteiger partial charge in [0.1, 0.15) is 0 Å². The summed E-state index contributed by atoms with van der Waals surface area (Å²) in [6, 6.07) is 8.27. The standard InChI is InChI=1S/C12H10N2O3/c13-5-8-1-3-9(4-2-8)11(15)14-6-10(7-14)12(16)17/h1-4,10H,6-7H2,(H,16,17). The highest BCUT2D eigenvalue weighted by molar-refractivity contribution is 5.95. The number of nitriles is 1. The fourth-order valence-corrected chi connectivity index (χ4v) is 1.67. The van der Waals surface area contributed by atoms with Gasteiger partial charge in [0.05, 0.1) is 17.6 Å². The third-order valence-electron chi connectivity index (χ3n) is 2.78. The van der Waals surface area contributed by atoms with Crippen molar-refractivity contribution in [2.24, 2.45) is 5.92 Å². The summed E-state index contributed by atoms with van der Waals surface area (Å²) in [5, 5.41) is 17.3. The van der Waals surface area contributed by atoms with Gasteiger partial charge in [-0.3, -0.25) is 9.59 Å². The van der Waals surface area contributed by atoms with E-state index in [1.807, 2.05) is 6.07 Å². The molecule has 1 saturated heterocycles. The summed E-state index contributed by atoms with van der Waals surface area (Å²) >= 11 is 0. The summed E-state index contributed by atoms with van der Waals surface area (Å²) in [4.78, 5) is 23.9. The molecule has 1 aliphatic heterocycles. The van der Waals surface area contributed by atoms with Gasteiger partial charge in [0.15, 0.2) is 0 Å². The maximum atomic E-state index is 11.8. The number of carboxylic acids is 1. The Morgan fingerprint density at radius 3 is 2.35 bits per heavy atom. The van der Waals surface area contributed by atoms with Crippen molar-refractivity contribution >= 4 is 11.9 Å². The zero-order valence-corrected chi connectivity index (χ0v) is 8.96. The Morgan fingerprint density at radius 1 is 1.29 bits per heavy atom. The smallest absolute Gasteiger partial charge is 0.310 e. The lowest BCUT2D eigenvalue weighted by Crippen LogP contribution is -2.53. The number of benzene rings is 1.